The van der Waals surface area contributed by atoms with Gasteiger partial charge in [-0.3, -0.25) is 5.10 Å². The Hall–Kier alpha value is 0.0400. The Morgan fingerprint density at radius 2 is 2.18 bits per heavy atom. The van der Waals surface area contributed by atoms with Crippen LogP contribution in [0, 0.1) is 0 Å². The van der Waals surface area contributed by atoms with E-state index in [1.807, 2.05) is 11.8 Å². The predicted octanol–water partition coefficient (Wildman–Crippen LogP) is 2.00. The van der Waals surface area contributed by atoms with Crippen LogP contribution in [0.1, 0.15) is 11.3 Å². The van der Waals surface area contributed by atoms with E-state index in [1.165, 1.54) is 22.8 Å². The molecule has 0 aromatic carbocycles. The summed E-state index contributed by atoms with van der Waals surface area (Å²) < 4.78 is 1.01. The van der Waals surface area contributed by atoms with Gasteiger partial charge >= 0.3 is 0 Å². The SMILES string of the molecule is Brc1n[nH]c2c1CCSCC2. The maximum absolute atomic E-state index is 4.12. The van der Waals surface area contributed by atoms with Gasteiger partial charge in [-0.2, -0.15) is 16.9 Å². The maximum Gasteiger partial charge on any atom is 0.131 e. The average Bonchev–Trinajstić information content (AvgIpc) is 2.25. The molecule has 0 radical (unpaired) electrons. The second-order valence-corrected chi connectivity index (χ2v) is 4.56. The largest absolute Gasteiger partial charge is 0.281 e. The third-order valence-electron chi connectivity index (χ3n) is 1.90. The fourth-order valence-corrected chi connectivity index (χ4v) is 2.71. The van der Waals surface area contributed by atoms with E-state index in [4.69, 9.17) is 0 Å². The summed E-state index contributed by atoms with van der Waals surface area (Å²) in [5, 5.41) is 7.18. The first-order valence-corrected chi connectivity index (χ1v) is 5.62. The van der Waals surface area contributed by atoms with Crippen molar-refractivity contribution >= 4 is 27.7 Å². The number of hydrogen-bond donors (Lipinski definition) is 1. The van der Waals surface area contributed by atoms with Gasteiger partial charge in [-0.25, -0.2) is 0 Å². The minimum absolute atomic E-state index is 1.01. The molecule has 0 fully saturated rings. The van der Waals surface area contributed by atoms with Crippen LogP contribution in [0.5, 0.6) is 0 Å². The topological polar surface area (TPSA) is 28.7 Å². The molecule has 0 saturated carbocycles. The molecule has 0 atom stereocenters. The lowest BCUT2D eigenvalue weighted by Crippen LogP contribution is -1.89. The van der Waals surface area contributed by atoms with E-state index in [9.17, 15) is 0 Å². The van der Waals surface area contributed by atoms with E-state index in [2.05, 4.69) is 26.1 Å². The van der Waals surface area contributed by atoms with Crippen LogP contribution in [0.4, 0.5) is 0 Å². The summed E-state index contributed by atoms with van der Waals surface area (Å²) in [6.07, 6.45) is 2.29. The molecule has 1 aromatic rings. The number of aromatic amines is 1. The normalized spacial score (nSPS) is 17.5. The highest BCUT2D eigenvalue weighted by molar-refractivity contribution is 9.10. The smallest absolute Gasteiger partial charge is 0.131 e. The molecule has 0 bridgehead atoms. The first-order valence-electron chi connectivity index (χ1n) is 3.67. The van der Waals surface area contributed by atoms with Gasteiger partial charge in [-0.05, 0) is 40.3 Å². The van der Waals surface area contributed by atoms with Gasteiger partial charge in [0.25, 0.3) is 0 Å². The van der Waals surface area contributed by atoms with Crippen LogP contribution in [0.25, 0.3) is 0 Å². The standard InChI is InChI=1S/C7H9BrN2S/c8-7-5-1-3-11-4-2-6(5)9-10-7/h1-4H2,(H,9,10). The molecule has 0 unspecified atom stereocenters. The number of halogens is 1. The molecule has 4 heteroatoms. The van der Waals surface area contributed by atoms with Gasteiger partial charge in [0.1, 0.15) is 4.60 Å². The number of aryl methyl sites for hydroxylation is 1. The zero-order valence-corrected chi connectivity index (χ0v) is 8.46. The second-order valence-electron chi connectivity index (χ2n) is 2.58. The Labute approximate surface area is 78.3 Å². The molecular formula is C7H9BrN2S. The van der Waals surface area contributed by atoms with Crippen molar-refractivity contribution in [2.24, 2.45) is 0 Å². The van der Waals surface area contributed by atoms with Crippen molar-refractivity contribution in [3.05, 3.63) is 15.9 Å². The zero-order chi connectivity index (χ0) is 7.68. The Balaban J connectivity index is 2.35. The van der Waals surface area contributed by atoms with Gasteiger partial charge in [0, 0.05) is 11.3 Å². The van der Waals surface area contributed by atoms with Crippen LogP contribution in [0.15, 0.2) is 4.60 Å². The Morgan fingerprint density at radius 1 is 1.36 bits per heavy atom. The molecular weight excluding hydrogens is 224 g/mol. The zero-order valence-electron chi connectivity index (χ0n) is 6.06. The number of nitrogens with one attached hydrogen (secondary N) is 1. The summed E-state index contributed by atoms with van der Waals surface area (Å²) in [5.74, 6) is 2.45. The quantitative estimate of drug-likeness (QED) is 0.742. The van der Waals surface area contributed by atoms with E-state index in [0.717, 1.165) is 17.4 Å². The van der Waals surface area contributed by atoms with Crippen LogP contribution in [-0.4, -0.2) is 21.7 Å². The fourth-order valence-electron chi connectivity index (χ4n) is 1.29. The Bertz CT molecular complexity index is 259. The van der Waals surface area contributed by atoms with Gasteiger partial charge in [-0.15, -0.1) is 0 Å². The minimum atomic E-state index is 1.01. The number of hydrogen-bond acceptors (Lipinski definition) is 2. The van der Waals surface area contributed by atoms with Crippen molar-refractivity contribution in [1.82, 2.24) is 10.2 Å². The first kappa shape index (κ1) is 7.68. The highest BCUT2D eigenvalue weighted by Crippen LogP contribution is 2.23. The van der Waals surface area contributed by atoms with Gasteiger partial charge in [0.2, 0.25) is 0 Å². The average molecular weight is 233 g/mol. The monoisotopic (exact) mass is 232 g/mol. The molecule has 0 amide bonds. The predicted molar refractivity (Wildman–Crippen MR) is 51.0 cm³/mol. The second kappa shape index (κ2) is 3.19. The van der Waals surface area contributed by atoms with Crippen LogP contribution in [-0.2, 0) is 12.8 Å². The lowest BCUT2D eigenvalue weighted by atomic mass is 10.2. The maximum atomic E-state index is 4.12. The molecule has 0 spiro atoms. The van der Waals surface area contributed by atoms with E-state index in [-0.39, 0.29) is 0 Å². The van der Waals surface area contributed by atoms with E-state index in [1.54, 1.807) is 0 Å². The molecule has 1 aromatic heterocycles. The van der Waals surface area contributed by atoms with Crippen molar-refractivity contribution in [1.29, 1.82) is 0 Å². The minimum Gasteiger partial charge on any atom is -0.281 e. The Kier molecular flexibility index (Phi) is 2.23. The number of rotatable bonds is 0. The first-order chi connectivity index (χ1) is 5.38. The lowest BCUT2D eigenvalue weighted by Gasteiger charge is -1.93. The van der Waals surface area contributed by atoms with Crippen molar-refractivity contribution in [2.45, 2.75) is 12.8 Å². The van der Waals surface area contributed by atoms with Gasteiger partial charge in [-0.1, -0.05) is 0 Å². The molecule has 0 saturated heterocycles. The number of nitrogens with zero attached hydrogens (tertiary/aromatic N) is 1. The summed E-state index contributed by atoms with van der Waals surface area (Å²) in [6.45, 7) is 0. The third kappa shape index (κ3) is 1.47. The number of H-pyrrole nitrogens is 1. The lowest BCUT2D eigenvalue weighted by molar-refractivity contribution is 0.971. The molecule has 11 heavy (non-hydrogen) atoms. The molecule has 60 valence electrons. The third-order valence-corrected chi connectivity index (χ3v) is 3.54. The van der Waals surface area contributed by atoms with Crippen LogP contribution >= 0.6 is 27.7 Å². The highest BCUT2D eigenvalue weighted by Gasteiger charge is 2.13. The molecule has 1 N–H and O–H groups in total. The van der Waals surface area contributed by atoms with E-state index in [0.29, 0.717) is 0 Å². The van der Waals surface area contributed by atoms with Crippen molar-refractivity contribution in [3.63, 3.8) is 0 Å². The number of fused-ring (bicyclic) bond motifs is 1. The summed E-state index contributed by atoms with van der Waals surface area (Å²) >= 11 is 5.45. The Morgan fingerprint density at radius 3 is 3.09 bits per heavy atom. The van der Waals surface area contributed by atoms with E-state index >= 15 is 0 Å². The van der Waals surface area contributed by atoms with Crippen molar-refractivity contribution < 1.29 is 0 Å². The van der Waals surface area contributed by atoms with E-state index < -0.39 is 0 Å². The summed E-state index contributed by atoms with van der Waals surface area (Å²) in [4.78, 5) is 0. The molecule has 0 aliphatic carbocycles. The van der Waals surface area contributed by atoms with Crippen LogP contribution in [0.2, 0.25) is 0 Å². The molecule has 2 nitrogen and oxygen atoms in total. The van der Waals surface area contributed by atoms with Crippen molar-refractivity contribution in [2.75, 3.05) is 11.5 Å². The van der Waals surface area contributed by atoms with Crippen molar-refractivity contribution in [3.8, 4) is 0 Å². The highest BCUT2D eigenvalue weighted by atomic mass is 79.9. The van der Waals surface area contributed by atoms with Gasteiger partial charge < -0.3 is 0 Å². The molecule has 2 heterocycles. The van der Waals surface area contributed by atoms with Crippen LogP contribution in [0.3, 0.4) is 0 Å². The summed E-state index contributed by atoms with van der Waals surface area (Å²) in [6, 6.07) is 0. The molecule has 2 rings (SSSR count). The van der Waals surface area contributed by atoms with Crippen LogP contribution < -0.4 is 0 Å². The van der Waals surface area contributed by atoms with Gasteiger partial charge in [0.15, 0.2) is 0 Å². The van der Waals surface area contributed by atoms with Gasteiger partial charge in [0.05, 0.1) is 0 Å². The number of aromatic nitrogens is 2. The summed E-state index contributed by atoms with van der Waals surface area (Å²) in [7, 11) is 0. The molecule has 1 aliphatic rings. The fraction of sp³-hybridized carbons (Fsp3) is 0.571. The molecule has 1 aliphatic heterocycles. The number of thioether (sulfide) groups is 1. The summed E-state index contributed by atoms with van der Waals surface area (Å²) in [5.41, 5.74) is 2.71.